The number of hydrogen-bond acceptors (Lipinski definition) is 4. The predicted molar refractivity (Wildman–Crippen MR) is 96.3 cm³/mol. The van der Waals surface area contributed by atoms with Crippen molar-refractivity contribution < 1.29 is 26.0 Å². The molecule has 9 heteroatoms. The molecular weight excluding hydrogens is 399 g/mol. The molecule has 27 heavy (non-hydrogen) atoms. The standard InChI is InChI=1S/C18H16F3NO3S2/c19-18(20,21)16-5-3-14(4-6-16)13-27(23,24)22(10-15-7-9-26-12-15)11-17-2-1-8-25-17/h1-9,12H,10-11,13H2. The van der Waals surface area contributed by atoms with Crippen LogP contribution >= 0.6 is 11.3 Å². The topological polar surface area (TPSA) is 50.5 Å². The summed E-state index contributed by atoms with van der Waals surface area (Å²) in [6.45, 7) is 0.207. The molecule has 3 aromatic rings. The van der Waals surface area contributed by atoms with Gasteiger partial charge in [0.05, 0.1) is 24.1 Å². The first-order valence-corrected chi connectivity index (χ1v) is 10.5. The third-order valence-corrected chi connectivity index (χ3v) is 6.35. The number of nitrogens with zero attached hydrogens (tertiary/aromatic N) is 1. The maximum absolute atomic E-state index is 12.9. The van der Waals surface area contributed by atoms with Crippen molar-refractivity contribution in [3.63, 3.8) is 0 Å². The second-order valence-corrected chi connectivity index (χ2v) is 8.68. The number of hydrogen-bond donors (Lipinski definition) is 0. The normalized spacial score (nSPS) is 12.6. The Morgan fingerprint density at radius 1 is 1.00 bits per heavy atom. The minimum absolute atomic E-state index is 0.0474. The molecule has 2 aromatic heterocycles. The molecule has 0 bridgehead atoms. The van der Waals surface area contributed by atoms with Crippen molar-refractivity contribution >= 4 is 21.4 Å². The van der Waals surface area contributed by atoms with E-state index < -0.39 is 27.5 Å². The number of rotatable bonds is 7. The Hall–Kier alpha value is -2.10. The molecule has 0 amide bonds. The fourth-order valence-electron chi connectivity index (χ4n) is 2.51. The molecule has 144 valence electrons. The van der Waals surface area contributed by atoms with E-state index in [1.807, 2.05) is 16.8 Å². The quantitative estimate of drug-likeness (QED) is 0.552. The molecule has 3 rings (SSSR count). The highest BCUT2D eigenvalue weighted by Crippen LogP contribution is 2.29. The summed E-state index contributed by atoms with van der Waals surface area (Å²) in [4.78, 5) is 0. The number of halogens is 3. The summed E-state index contributed by atoms with van der Waals surface area (Å²) in [7, 11) is -3.78. The van der Waals surface area contributed by atoms with Gasteiger partial charge < -0.3 is 4.42 Å². The van der Waals surface area contributed by atoms with Crippen molar-refractivity contribution in [1.82, 2.24) is 4.31 Å². The molecule has 0 aliphatic carbocycles. The zero-order valence-corrected chi connectivity index (χ0v) is 15.7. The first-order chi connectivity index (χ1) is 12.7. The highest BCUT2D eigenvalue weighted by Gasteiger charge is 2.30. The van der Waals surface area contributed by atoms with Gasteiger partial charge in [-0.2, -0.15) is 28.8 Å². The van der Waals surface area contributed by atoms with Crippen molar-refractivity contribution in [3.05, 3.63) is 81.9 Å². The second kappa shape index (κ2) is 7.87. The van der Waals surface area contributed by atoms with Crippen molar-refractivity contribution in [2.75, 3.05) is 0 Å². The zero-order valence-electron chi connectivity index (χ0n) is 14.0. The van der Waals surface area contributed by atoms with Crippen LogP contribution in [0.5, 0.6) is 0 Å². The van der Waals surface area contributed by atoms with Gasteiger partial charge in [0.2, 0.25) is 10.0 Å². The number of alkyl halides is 3. The van der Waals surface area contributed by atoms with Crippen molar-refractivity contribution in [2.45, 2.75) is 25.0 Å². The van der Waals surface area contributed by atoms with Gasteiger partial charge in [0.25, 0.3) is 0 Å². The van der Waals surface area contributed by atoms with Gasteiger partial charge in [-0.1, -0.05) is 12.1 Å². The van der Waals surface area contributed by atoms with E-state index in [2.05, 4.69) is 0 Å². The average Bonchev–Trinajstić information content (AvgIpc) is 3.27. The van der Waals surface area contributed by atoms with E-state index in [0.29, 0.717) is 5.76 Å². The Balaban J connectivity index is 1.81. The predicted octanol–water partition coefficient (Wildman–Crippen LogP) is 4.89. The molecule has 0 saturated carbocycles. The molecule has 0 radical (unpaired) electrons. The molecule has 2 heterocycles. The lowest BCUT2D eigenvalue weighted by atomic mass is 10.1. The van der Waals surface area contributed by atoms with Gasteiger partial charge >= 0.3 is 6.18 Å². The second-order valence-electron chi connectivity index (χ2n) is 5.93. The van der Waals surface area contributed by atoms with Crippen LogP contribution in [0, 0.1) is 0 Å². The van der Waals surface area contributed by atoms with E-state index in [1.54, 1.807) is 12.1 Å². The first kappa shape index (κ1) is 19.7. The summed E-state index contributed by atoms with van der Waals surface area (Å²) >= 11 is 1.46. The fourth-order valence-corrected chi connectivity index (χ4v) is 4.63. The van der Waals surface area contributed by atoms with Gasteiger partial charge in [-0.15, -0.1) is 0 Å². The van der Waals surface area contributed by atoms with Gasteiger partial charge in [0, 0.05) is 6.54 Å². The molecule has 0 saturated heterocycles. The van der Waals surface area contributed by atoms with E-state index in [4.69, 9.17) is 4.42 Å². The van der Waals surface area contributed by atoms with E-state index in [-0.39, 0.29) is 18.7 Å². The van der Waals surface area contributed by atoms with Crippen molar-refractivity contribution in [2.24, 2.45) is 0 Å². The SMILES string of the molecule is O=S(=O)(Cc1ccc(C(F)(F)F)cc1)N(Cc1ccsc1)Cc1ccco1. The lowest BCUT2D eigenvalue weighted by Gasteiger charge is -2.21. The van der Waals surface area contributed by atoms with Crippen LogP contribution in [0.1, 0.15) is 22.5 Å². The summed E-state index contributed by atoms with van der Waals surface area (Å²) in [5.41, 5.74) is 0.315. The maximum Gasteiger partial charge on any atom is 0.416 e. The third kappa shape index (κ3) is 5.21. The zero-order chi connectivity index (χ0) is 19.5. The van der Waals surface area contributed by atoms with Crippen LogP contribution in [0.2, 0.25) is 0 Å². The average molecular weight is 415 g/mol. The first-order valence-electron chi connectivity index (χ1n) is 7.91. The summed E-state index contributed by atoms with van der Waals surface area (Å²) in [5, 5.41) is 3.70. The number of sulfonamides is 1. The minimum Gasteiger partial charge on any atom is -0.468 e. The molecule has 0 fully saturated rings. The Morgan fingerprint density at radius 2 is 1.74 bits per heavy atom. The summed E-state index contributed by atoms with van der Waals surface area (Å²) in [6, 6.07) is 9.33. The lowest BCUT2D eigenvalue weighted by Crippen LogP contribution is -2.31. The molecule has 1 aromatic carbocycles. The molecule has 0 aliphatic rings. The maximum atomic E-state index is 12.9. The van der Waals surface area contributed by atoms with E-state index >= 15 is 0 Å². The van der Waals surface area contributed by atoms with E-state index in [0.717, 1.165) is 17.7 Å². The van der Waals surface area contributed by atoms with Crippen LogP contribution in [0.25, 0.3) is 0 Å². The van der Waals surface area contributed by atoms with Crippen molar-refractivity contribution in [3.8, 4) is 0 Å². The number of thiophene rings is 1. The third-order valence-electron chi connectivity index (χ3n) is 3.88. The van der Waals surface area contributed by atoms with Crippen LogP contribution < -0.4 is 0 Å². The number of benzene rings is 1. The fraction of sp³-hybridized carbons (Fsp3) is 0.222. The van der Waals surface area contributed by atoms with E-state index in [1.165, 1.54) is 34.0 Å². The van der Waals surface area contributed by atoms with Crippen LogP contribution in [0.3, 0.4) is 0 Å². The van der Waals surface area contributed by atoms with Crippen LogP contribution in [0.4, 0.5) is 13.2 Å². The molecule has 0 unspecified atom stereocenters. The van der Waals surface area contributed by atoms with Crippen molar-refractivity contribution in [1.29, 1.82) is 0 Å². The van der Waals surface area contributed by atoms with E-state index in [9.17, 15) is 21.6 Å². The van der Waals surface area contributed by atoms with Gasteiger partial charge in [-0.3, -0.25) is 0 Å². The lowest BCUT2D eigenvalue weighted by molar-refractivity contribution is -0.137. The molecule has 0 N–H and O–H groups in total. The smallest absolute Gasteiger partial charge is 0.416 e. The van der Waals surface area contributed by atoms with Crippen LogP contribution in [0.15, 0.2) is 63.9 Å². The molecule has 4 nitrogen and oxygen atoms in total. The Kier molecular flexibility index (Phi) is 5.73. The molecule has 0 aliphatic heterocycles. The van der Waals surface area contributed by atoms with Gasteiger partial charge in [-0.25, -0.2) is 8.42 Å². The molecule has 0 spiro atoms. The van der Waals surface area contributed by atoms with Gasteiger partial charge in [-0.05, 0) is 52.2 Å². The number of furan rings is 1. The Bertz CT molecular complexity index is 912. The Labute approximate surface area is 158 Å². The highest BCUT2D eigenvalue weighted by molar-refractivity contribution is 7.88. The molecule has 0 atom stereocenters. The largest absolute Gasteiger partial charge is 0.468 e. The summed E-state index contributed by atoms with van der Waals surface area (Å²) < 4.78 is 70.3. The summed E-state index contributed by atoms with van der Waals surface area (Å²) in [5.74, 6) is 0.0944. The van der Waals surface area contributed by atoms with Gasteiger partial charge in [0.15, 0.2) is 0 Å². The van der Waals surface area contributed by atoms with Crippen LogP contribution in [-0.2, 0) is 35.0 Å². The van der Waals surface area contributed by atoms with Crippen LogP contribution in [-0.4, -0.2) is 12.7 Å². The Morgan fingerprint density at radius 3 is 2.30 bits per heavy atom. The summed E-state index contributed by atoms with van der Waals surface area (Å²) in [6.07, 6.45) is -3.00. The monoisotopic (exact) mass is 415 g/mol. The minimum atomic E-state index is -4.46. The highest BCUT2D eigenvalue weighted by atomic mass is 32.2. The molecular formula is C18H16F3NO3S2. The van der Waals surface area contributed by atoms with Gasteiger partial charge in [0.1, 0.15) is 5.76 Å².